The van der Waals surface area contributed by atoms with Crippen molar-refractivity contribution in [3.05, 3.63) is 191 Å². The Morgan fingerprint density at radius 3 is 1.22 bits per heavy atom. The van der Waals surface area contributed by atoms with Gasteiger partial charge in [-0.15, -0.1) is 0 Å². The molecule has 0 saturated heterocycles. The average Bonchev–Trinajstić information content (AvgIpc) is 2.86. The topological polar surface area (TPSA) is 143 Å². The number of pyridine rings is 6. The van der Waals surface area contributed by atoms with Crippen molar-refractivity contribution in [3.8, 4) is 0 Å². The summed E-state index contributed by atoms with van der Waals surface area (Å²) >= 11 is 0. The Kier molecular flexibility index (Phi) is 35.1. The largest absolute Gasteiger partial charge is 0.366 e. The maximum atomic E-state index is 4.36. The van der Waals surface area contributed by atoms with Crippen LogP contribution in [0, 0.1) is 42.4 Å². The maximum absolute atomic E-state index is 4.36. The first-order valence-electron chi connectivity index (χ1n) is 32.7. The van der Waals surface area contributed by atoms with Gasteiger partial charge in [-0.3, -0.25) is 34.6 Å². The summed E-state index contributed by atoms with van der Waals surface area (Å²) in [6, 6.07) is 27.7. The first-order valence-corrected chi connectivity index (χ1v) is 32.7. The van der Waals surface area contributed by atoms with Gasteiger partial charge >= 0.3 is 0 Å². The SMILES string of the molecule is CC(C)(C)Cc1cccnc1.CC(C)(C)Cc1ccncc1.CC(C)(C)NC1CC1.CC(C)(C)NCc1cccnc1.CC(C)(C)NCc1ccncc1.Cc1cc(NC(C)(C)C)n(C)n1.Cc1ccc(CC(C)(C)C)nc1.Cc1ccnc(CC(C)(C)C)c1. The Bertz CT molecular complexity index is 2810. The molecule has 4 N–H and O–H groups in total. The third-order valence-electron chi connectivity index (χ3n) is 12.1. The lowest BCUT2D eigenvalue weighted by Crippen LogP contribution is -2.37. The van der Waals surface area contributed by atoms with Gasteiger partial charge in [0, 0.05) is 128 Å². The molecular formula is C78H128N12. The van der Waals surface area contributed by atoms with E-state index in [2.05, 4.69) is 279 Å². The number of aryl methyl sites for hydroxylation is 4. The summed E-state index contributed by atoms with van der Waals surface area (Å²) in [5.74, 6) is 1.07. The Balaban J connectivity index is 0.000000515. The van der Waals surface area contributed by atoms with E-state index in [-0.39, 0.29) is 16.6 Å². The summed E-state index contributed by atoms with van der Waals surface area (Å²) in [6.07, 6.45) is 25.7. The van der Waals surface area contributed by atoms with Crippen molar-refractivity contribution in [2.75, 3.05) is 5.32 Å². The Hall–Kier alpha value is -6.21. The van der Waals surface area contributed by atoms with E-state index in [1.807, 2.05) is 111 Å². The normalized spacial score (nSPS) is 12.5. The average molecular weight is 1230 g/mol. The van der Waals surface area contributed by atoms with Gasteiger partial charge in [-0.2, -0.15) is 5.10 Å². The van der Waals surface area contributed by atoms with E-state index in [1.165, 1.54) is 57.6 Å². The van der Waals surface area contributed by atoms with Crippen LogP contribution in [0.15, 0.2) is 141 Å². The van der Waals surface area contributed by atoms with E-state index in [4.69, 9.17) is 0 Å². The minimum absolute atomic E-state index is 0.0975. The molecule has 0 spiro atoms. The molecule has 0 aliphatic heterocycles. The highest BCUT2D eigenvalue weighted by molar-refractivity contribution is 5.39. The smallest absolute Gasteiger partial charge is 0.124 e. The molecule has 8 rings (SSSR count). The van der Waals surface area contributed by atoms with E-state index in [1.54, 1.807) is 6.20 Å². The van der Waals surface area contributed by atoms with Gasteiger partial charge in [-0.25, -0.2) is 0 Å². The van der Waals surface area contributed by atoms with E-state index in [0.717, 1.165) is 56.3 Å². The van der Waals surface area contributed by atoms with E-state index < -0.39 is 0 Å². The molecule has 7 aromatic heterocycles. The van der Waals surface area contributed by atoms with Crippen molar-refractivity contribution in [1.29, 1.82) is 0 Å². The molecule has 1 aliphatic rings. The molecule has 500 valence electrons. The number of rotatable bonds is 10. The fraction of sp³-hybridized carbons (Fsp3) is 0.577. The number of hydrogen-bond acceptors (Lipinski definition) is 11. The van der Waals surface area contributed by atoms with Crippen LogP contribution >= 0.6 is 0 Å². The standard InChI is InChI=1S/2C11H17N.2C10H16N2.2C10H15N.C9H17N3.C7H15N/c1-9-5-6-10(12-8-9)7-11(2,3)4;1-9-5-6-12-10(7-9)8-11(2,3)4;1-10(2,3)12-8-9-4-6-11-7-5-9;1-10(2,3)12-8-9-5-4-6-11-7-9;1-10(2,3)8-9-4-6-11-7-5-9;1-10(2,3)7-9-5-4-6-11-8-9;1-7-6-8(12(5)11-7)10-9(2,3)4;1-7(2,3)8-6-4-5-6/h5-6,8H,7H2,1-4H3;5-7H,8H2,1-4H3;2*4-7,12H,8H2,1-3H3;4-7H,8H2,1-3H3;4-6,8H,7H2,1-3H3;6,10H,1-5H3;6,8H,4-5H2,1-3H3. The molecule has 1 fully saturated rings. The zero-order chi connectivity index (χ0) is 68.6. The van der Waals surface area contributed by atoms with Gasteiger partial charge in [0.1, 0.15) is 5.82 Å². The second-order valence-corrected chi connectivity index (χ2v) is 33.1. The molecule has 12 heteroatoms. The van der Waals surface area contributed by atoms with Gasteiger partial charge in [0.2, 0.25) is 0 Å². The van der Waals surface area contributed by atoms with E-state index >= 15 is 0 Å². The van der Waals surface area contributed by atoms with Gasteiger partial charge in [0.05, 0.1) is 5.69 Å². The lowest BCUT2D eigenvalue weighted by Gasteiger charge is -2.21. The molecular weight excluding hydrogens is 1100 g/mol. The molecule has 1 saturated carbocycles. The van der Waals surface area contributed by atoms with E-state index in [0.29, 0.717) is 27.2 Å². The molecule has 0 amide bonds. The van der Waals surface area contributed by atoms with Gasteiger partial charge in [-0.1, -0.05) is 101 Å². The van der Waals surface area contributed by atoms with Crippen LogP contribution in [0.1, 0.15) is 229 Å². The van der Waals surface area contributed by atoms with Crippen LogP contribution in [-0.2, 0) is 45.8 Å². The summed E-state index contributed by atoms with van der Waals surface area (Å²) < 4.78 is 1.86. The van der Waals surface area contributed by atoms with Gasteiger partial charge in [0.25, 0.3) is 0 Å². The van der Waals surface area contributed by atoms with Gasteiger partial charge < -0.3 is 21.3 Å². The van der Waals surface area contributed by atoms with Crippen LogP contribution in [0.4, 0.5) is 5.82 Å². The molecule has 7 heterocycles. The highest BCUT2D eigenvalue weighted by Gasteiger charge is 2.25. The summed E-state index contributed by atoms with van der Waals surface area (Å²) in [6.45, 7) is 60.8. The van der Waals surface area contributed by atoms with Crippen molar-refractivity contribution in [1.82, 2.24) is 55.6 Å². The first kappa shape index (κ1) is 81.8. The van der Waals surface area contributed by atoms with Crippen molar-refractivity contribution in [2.24, 2.45) is 28.7 Å². The van der Waals surface area contributed by atoms with Crippen LogP contribution in [-0.4, -0.2) is 67.9 Å². The van der Waals surface area contributed by atoms with Crippen molar-refractivity contribution >= 4 is 5.82 Å². The highest BCUT2D eigenvalue weighted by Crippen LogP contribution is 2.24. The maximum Gasteiger partial charge on any atom is 0.124 e. The van der Waals surface area contributed by atoms with Crippen LogP contribution < -0.4 is 21.3 Å². The summed E-state index contributed by atoms with van der Waals surface area (Å²) in [5, 5.41) is 17.9. The summed E-state index contributed by atoms with van der Waals surface area (Å²) in [5.41, 5.74) is 13.4. The first-order chi connectivity index (χ1) is 41.2. The third kappa shape index (κ3) is 50.5. The van der Waals surface area contributed by atoms with Crippen LogP contribution in [0.25, 0.3) is 0 Å². The highest BCUT2D eigenvalue weighted by atomic mass is 15.3. The van der Waals surface area contributed by atoms with Crippen LogP contribution in [0.5, 0.6) is 0 Å². The zero-order valence-corrected chi connectivity index (χ0v) is 62.1. The number of nitrogens with one attached hydrogen (secondary N) is 4. The molecule has 0 radical (unpaired) electrons. The van der Waals surface area contributed by atoms with Crippen LogP contribution in [0.3, 0.4) is 0 Å². The molecule has 1 aliphatic carbocycles. The lowest BCUT2D eigenvalue weighted by atomic mass is 9.89. The molecule has 12 nitrogen and oxygen atoms in total. The fourth-order valence-corrected chi connectivity index (χ4v) is 8.30. The molecule has 0 unspecified atom stereocenters. The third-order valence-corrected chi connectivity index (χ3v) is 12.1. The van der Waals surface area contributed by atoms with Crippen LogP contribution in [0.2, 0.25) is 0 Å². The molecule has 0 bridgehead atoms. The van der Waals surface area contributed by atoms with Crippen molar-refractivity contribution in [2.45, 2.75) is 267 Å². The van der Waals surface area contributed by atoms with Crippen molar-refractivity contribution < 1.29 is 0 Å². The Morgan fingerprint density at radius 1 is 0.400 bits per heavy atom. The molecule has 0 atom stereocenters. The van der Waals surface area contributed by atoms with E-state index in [9.17, 15) is 0 Å². The minimum Gasteiger partial charge on any atom is -0.366 e. The fourth-order valence-electron chi connectivity index (χ4n) is 8.30. The van der Waals surface area contributed by atoms with Crippen molar-refractivity contribution in [3.63, 3.8) is 0 Å². The molecule has 7 aromatic rings. The second-order valence-electron chi connectivity index (χ2n) is 33.1. The Morgan fingerprint density at radius 2 is 0.856 bits per heavy atom. The predicted octanol–water partition coefficient (Wildman–Crippen LogP) is 18.7. The molecule has 90 heavy (non-hydrogen) atoms. The zero-order valence-electron chi connectivity index (χ0n) is 62.1. The summed E-state index contributed by atoms with van der Waals surface area (Å²) in [7, 11) is 1.95. The second kappa shape index (κ2) is 38.6. The minimum atomic E-state index is 0.0975. The number of hydrogen-bond donors (Lipinski definition) is 4. The molecule has 0 aromatic carbocycles. The monoisotopic (exact) mass is 1230 g/mol. The number of nitrogens with zero attached hydrogens (tertiary/aromatic N) is 8. The lowest BCUT2D eigenvalue weighted by molar-refractivity contribution is 0.406. The summed E-state index contributed by atoms with van der Waals surface area (Å²) in [4.78, 5) is 24.7. The quantitative estimate of drug-likeness (QED) is 0.104. The van der Waals surface area contributed by atoms with Gasteiger partial charge in [0.15, 0.2) is 0 Å². The number of aromatic nitrogens is 8. The van der Waals surface area contributed by atoms with Gasteiger partial charge in [-0.05, 0) is 252 Å². The Labute approximate surface area is 550 Å². The number of anilines is 1. The predicted molar refractivity (Wildman–Crippen MR) is 388 cm³/mol.